The van der Waals surface area contributed by atoms with Gasteiger partial charge in [-0.2, -0.15) is 0 Å². The lowest BCUT2D eigenvalue weighted by atomic mass is 10.0. The van der Waals surface area contributed by atoms with Crippen molar-refractivity contribution in [3.8, 4) is 0 Å². The highest BCUT2D eigenvalue weighted by atomic mass is 16.5. The second kappa shape index (κ2) is 11.1. The normalized spacial score (nSPS) is 16.2. The zero-order chi connectivity index (χ0) is 22.9. The maximum Gasteiger partial charge on any atom is 0.408 e. The topological polar surface area (TPSA) is 102 Å². The third-order valence-electron chi connectivity index (χ3n) is 5.30. The molecule has 0 aliphatic carbocycles. The molecule has 3 rings (SSSR count). The molecule has 0 unspecified atom stereocenters. The summed E-state index contributed by atoms with van der Waals surface area (Å²) in [5.41, 5.74) is 1.21. The van der Waals surface area contributed by atoms with E-state index in [1.165, 1.54) is 12.0 Å². The van der Waals surface area contributed by atoms with Crippen LogP contribution >= 0.6 is 0 Å². The van der Waals surface area contributed by atoms with Gasteiger partial charge in [-0.15, -0.1) is 0 Å². The summed E-state index contributed by atoms with van der Waals surface area (Å²) in [7, 11) is 1.26. The number of nitrogens with one attached hydrogen (secondary N) is 1. The smallest absolute Gasteiger partial charge is 0.408 e. The summed E-state index contributed by atoms with van der Waals surface area (Å²) in [6, 6.07) is 15.7. The average molecular weight is 438 g/mol. The van der Waals surface area contributed by atoms with E-state index in [1.807, 2.05) is 18.2 Å². The molecule has 1 aliphatic rings. The number of Topliss-reactive ketones (excluding diaryl/α,β-unsaturated/α-hetero) is 1. The molecule has 2 atom stereocenters. The van der Waals surface area contributed by atoms with Gasteiger partial charge in [0.15, 0.2) is 5.78 Å². The monoisotopic (exact) mass is 438 g/mol. The molecule has 168 valence electrons. The second-order valence-corrected chi connectivity index (χ2v) is 7.46. The van der Waals surface area contributed by atoms with Gasteiger partial charge in [0.1, 0.15) is 18.7 Å². The van der Waals surface area contributed by atoms with Crippen molar-refractivity contribution in [2.75, 3.05) is 13.7 Å². The van der Waals surface area contributed by atoms with Gasteiger partial charge >= 0.3 is 12.1 Å². The second-order valence-electron chi connectivity index (χ2n) is 7.46. The Balaban J connectivity index is 1.72. The van der Waals surface area contributed by atoms with Crippen LogP contribution in [0.5, 0.6) is 0 Å². The number of ether oxygens (including phenoxy) is 2. The molecule has 0 saturated carbocycles. The summed E-state index contributed by atoms with van der Waals surface area (Å²) in [6.45, 7) is 0.365. The quantitative estimate of drug-likeness (QED) is 0.502. The van der Waals surface area contributed by atoms with Gasteiger partial charge < -0.3 is 19.7 Å². The first kappa shape index (κ1) is 23.0. The highest BCUT2D eigenvalue weighted by Crippen LogP contribution is 2.21. The summed E-state index contributed by atoms with van der Waals surface area (Å²) in [5, 5.41) is 2.52. The predicted octanol–water partition coefficient (Wildman–Crippen LogP) is 2.72. The zero-order valence-corrected chi connectivity index (χ0v) is 17.9. The van der Waals surface area contributed by atoms with E-state index < -0.39 is 30.1 Å². The van der Waals surface area contributed by atoms with E-state index in [0.29, 0.717) is 24.9 Å². The van der Waals surface area contributed by atoms with Gasteiger partial charge in [0.05, 0.1) is 7.11 Å². The number of rotatable bonds is 8. The Morgan fingerprint density at radius 2 is 1.69 bits per heavy atom. The zero-order valence-electron chi connectivity index (χ0n) is 17.9. The largest absolute Gasteiger partial charge is 0.467 e. The molecule has 0 bridgehead atoms. The molecule has 0 radical (unpaired) electrons. The van der Waals surface area contributed by atoms with Gasteiger partial charge in [0.25, 0.3) is 0 Å². The maximum absolute atomic E-state index is 13.2. The van der Waals surface area contributed by atoms with E-state index in [-0.39, 0.29) is 18.8 Å². The van der Waals surface area contributed by atoms with E-state index in [4.69, 9.17) is 9.47 Å². The molecular formula is C24H26N2O6. The summed E-state index contributed by atoms with van der Waals surface area (Å²) in [6.07, 6.45) is 0.0228. The molecule has 2 amide bonds. The van der Waals surface area contributed by atoms with Crippen LogP contribution in [-0.4, -0.2) is 54.4 Å². The van der Waals surface area contributed by atoms with Gasteiger partial charge in [-0.05, 0) is 18.4 Å². The first-order valence-corrected chi connectivity index (χ1v) is 10.4. The molecule has 8 nitrogen and oxygen atoms in total. The van der Waals surface area contributed by atoms with Crippen LogP contribution < -0.4 is 5.32 Å². The third-order valence-corrected chi connectivity index (χ3v) is 5.30. The molecule has 1 fully saturated rings. The van der Waals surface area contributed by atoms with Crippen molar-refractivity contribution in [2.24, 2.45) is 0 Å². The Labute approximate surface area is 186 Å². The van der Waals surface area contributed by atoms with Crippen molar-refractivity contribution in [3.63, 3.8) is 0 Å². The van der Waals surface area contributed by atoms with E-state index in [2.05, 4.69) is 5.32 Å². The number of nitrogens with zero attached hydrogens (tertiary/aromatic N) is 1. The van der Waals surface area contributed by atoms with Gasteiger partial charge in [-0.1, -0.05) is 60.7 Å². The van der Waals surface area contributed by atoms with Crippen molar-refractivity contribution >= 4 is 23.8 Å². The van der Waals surface area contributed by atoms with Crippen molar-refractivity contribution in [2.45, 2.75) is 38.0 Å². The van der Waals surface area contributed by atoms with Gasteiger partial charge in [0.2, 0.25) is 5.91 Å². The van der Waals surface area contributed by atoms with Gasteiger partial charge in [0, 0.05) is 18.5 Å². The predicted molar refractivity (Wildman–Crippen MR) is 116 cm³/mol. The molecule has 0 aromatic heterocycles. The number of amides is 2. The Kier molecular flexibility index (Phi) is 7.96. The first-order valence-electron chi connectivity index (χ1n) is 10.4. The number of carbonyl (C=O) groups is 4. The summed E-state index contributed by atoms with van der Waals surface area (Å²) < 4.78 is 10.0. The minimum atomic E-state index is -1.17. The highest BCUT2D eigenvalue weighted by molar-refractivity contribution is 6.01. The number of ketones is 1. The number of likely N-dealkylation sites (tertiary alicyclic amines) is 1. The van der Waals surface area contributed by atoms with E-state index >= 15 is 0 Å². The van der Waals surface area contributed by atoms with Crippen molar-refractivity contribution in [3.05, 3.63) is 71.8 Å². The molecule has 1 saturated heterocycles. The molecule has 1 heterocycles. The molecule has 32 heavy (non-hydrogen) atoms. The van der Waals surface area contributed by atoms with E-state index in [1.54, 1.807) is 42.5 Å². The Morgan fingerprint density at radius 3 is 2.34 bits per heavy atom. The molecule has 2 aromatic rings. The maximum atomic E-state index is 13.2. The van der Waals surface area contributed by atoms with E-state index in [0.717, 1.165) is 5.56 Å². The van der Waals surface area contributed by atoms with Crippen LogP contribution in [0.2, 0.25) is 0 Å². The fourth-order valence-electron chi connectivity index (χ4n) is 3.65. The average Bonchev–Trinajstić information content (AvgIpc) is 3.32. The standard InChI is InChI=1S/C24H26N2O6/c1-31-23(29)20-13-8-14-26(20)22(28)19(15-21(27)18-11-6-3-7-12-18)25-24(30)32-16-17-9-4-2-5-10-17/h2-7,9-12,19-20H,8,13-16H2,1H3,(H,25,30)/t19-,20-/m0/s1. The van der Waals surface area contributed by atoms with Crippen LogP contribution in [-0.2, 0) is 25.7 Å². The van der Waals surface area contributed by atoms with Crippen LogP contribution in [0.3, 0.4) is 0 Å². The van der Waals surface area contributed by atoms with Crippen LogP contribution in [0.25, 0.3) is 0 Å². The lowest BCUT2D eigenvalue weighted by Gasteiger charge is -2.27. The highest BCUT2D eigenvalue weighted by Gasteiger charge is 2.39. The lowest BCUT2D eigenvalue weighted by molar-refractivity contribution is -0.151. The minimum Gasteiger partial charge on any atom is -0.467 e. The number of methoxy groups -OCH3 is 1. The van der Waals surface area contributed by atoms with Crippen LogP contribution in [0, 0.1) is 0 Å². The fourth-order valence-corrected chi connectivity index (χ4v) is 3.65. The summed E-state index contributed by atoms with van der Waals surface area (Å²) >= 11 is 0. The number of hydrogen-bond acceptors (Lipinski definition) is 6. The number of carbonyl (C=O) groups excluding carboxylic acids is 4. The Bertz CT molecular complexity index is 947. The van der Waals surface area contributed by atoms with Crippen LogP contribution in [0.4, 0.5) is 4.79 Å². The first-order chi connectivity index (χ1) is 15.5. The molecular weight excluding hydrogens is 412 g/mol. The molecule has 1 aliphatic heterocycles. The number of hydrogen-bond donors (Lipinski definition) is 1. The summed E-state index contributed by atoms with van der Waals surface area (Å²) in [4.78, 5) is 51.9. The molecule has 2 aromatic carbocycles. The minimum absolute atomic E-state index is 0.0225. The van der Waals surface area contributed by atoms with E-state index in [9.17, 15) is 19.2 Å². The van der Waals surface area contributed by atoms with Crippen molar-refractivity contribution in [1.29, 1.82) is 0 Å². The number of benzene rings is 2. The molecule has 8 heteroatoms. The van der Waals surface area contributed by atoms with Crippen molar-refractivity contribution in [1.82, 2.24) is 10.2 Å². The van der Waals surface area contributed by atoms with Crippen molar-refractivity contribution < 1.29 is 28.7 Å². The number of esters is 1. The van der Waals surface area contributed by atoms with Crippen LogP contribution in [0.15, 0.2) is 60.7 Å². The SMILES string of the molecule is COC(=O)[C@@H]1CCCN1C(=O)[C@H](CC(=O)c1ccccc1)NC(=O)OCc1ccccc1. The van der Waals surface area contributed by atoms with Gasteiger partial charge in [-0.25, -0.2) is 9.59 Å². The lowest BCUT2D eigenvalue weighted by Crippen LogP contribution is -2.52. The molecule has 0 spiro atoms. The van der Waals surface area contributed by atoms with Crippen LogP contribution in [0.1, 0.15) is 35.2 Å². The third kappa shape index (κ3) is 5.94. The fraction of sp³-hybridized carbons (Fsp3) is 0.333. The Hall–Kier alpha value is -3.68. The molecule has 1 N–H and O–H groups in total. The van der Waals surface area contributed by atoms with Gasteiger partial charge in [-0.3, -0.25) is 9.59 Å². The Morgan fingerprint density at radius 1 is 1.03 bits per heavy atom. The summed E-state index contributed by atoms with van der Waals surface area (Å²) in [5.74, 6) is -1.34. The number of alkyl carbamates (subject to hydrolysis) is 1.